The van der Waals surface area contributed by atoms with Crippen molar-refractivity contribution in [2.75, 3.05) is 16.8 Å². The van der Waals surface area contributed by atoms with Crippen molar-refractivity contribution in [2.45, 2.75) is 0 Å². The summed E-state index contributed by atoms with van der Waals surface area (Å²) < 4.78 is 1.29. The van der Waals surface area contributed by atoms with E-state index < -0.39 is 0 Å². The van der Waals surface area contributed by atoms with Crippen molar-refractivity contribution in [1.82, 2.24) is 0 Å². The molecule has 44 heavy (non-hydrogen) atoms. The van der Waals surface area contributed by atoms with Gasteiger partial charge in [-0.3, -0.25) is 0 Å². The van der Waals surface area contributed by atoms with Gasteiger partial charge in [-0.1, -0.05) is 115 Å². The number of benzene rings is 7. The number of nitrogens with zero attached hydrogens (tertiary/aromatic N) is 1. The lowest BCUT2D eigenvalue weighted by atomic mass is 9.96. The van der Waals surface area contributed by atoms with Crippen molar-refractivity contribution >= 4 is 81.9 Å². The summed E-state index contributed by atoms with van der Waals surface area (Å²) in [5.74, 6) is 0. The summed E-state index contributed by atoms with van der Waals surface area (Å²) in [5, 5.41) is 13.8. The molecular formula is C41H28N2S. The zero-order valence-electron chi connectivity index (χ0n) is 24.0. The number of hydrogen-bond acceptors (Lipinski definition) is 3. The molecule has 1 N–H and O–H groups in total. The fourth-order valence-corrected chi connectivity index (χ4v) is 7.89. The molecule has 1 aliphatic rings. The Hall–Kier alpha value is -5.38. The van der Waals surface area contributed by atoms with Crippen LogP contribution in [0.1, 0.15) is 5.56 Å². The molecule has 0 amide bonds. The Balaban J connectivity index is 1.31. The Morgan fingerprint density at radius 2 is 1.25 bits per heavy atom. The van der Waals surface area contributed by atoms with Crippen molar-refractivity contribution < 1.29 is 0 Å². The van der Waals surface area contributed by atoms with Crippen molar-refractivity contribution in [3.8, 4) is 11.1 Å². The van der Waals surface area contributed by atoms with Crippen molar-refractivity contribution in [1.29, 1.82) is 0 Å². The number of anilines is 4. The maximum atomic E-state index is 3.60. The standard InChI is InChI=1S/C41H28N2S/c1-2-8-27(9-3-1)28-19-22-32(23-20-28)43(37-13-6-14-38-40(37)35-12-7-25-42-41(35)44-38)33-24-21-30-16-18-31-17-15-29-10-4-5-11-34(29)39(31)36(30)26-33/h1-24,26,42H,25H2. The molecule has 7 aromatic carbocycles. The first-order valence-corrected chi connectivity index (χ1v) is 15.9. The Morgan fingerprint density at radius 1 is 0.545 bits per heavy atom. The van der Waals surface area contributed by atoms with E-state index in [-0.39, 0.29) is 0 Å². The molecule has 0 unspecified atom stereocenters. The number of rotatable bonds is 4. The van der Waals surface area contributed by atoms with Gasteiger partial charge in [-0.05, 0) is 79.8 Å². The van der Waals surface area contributed by atoms with Gasteiger partial charge in [-0.2, -0.15) is 0 Å². The summed E-state index contributed by atoms with van der Waals surface area (Å²) in [5.41, 5.74) is 7.17. The smallest absolute Gasteiger partial charge is 0.0971 e. The maximum Gasteiger partial charge on any atom is 0.0971 e. The number of hydrogen-bond donors (Lipinski definition) is 1. The molecule has 0 spiro atoms. The largest absolute Gasteiger partial charge is 0.373 e. The van der Waals surface area contributed by atoms with Crippen molar-refractivity contribution in [3.05, 3.63) is 151 Å². The SMILES string of the molecule is C1=Cc2c(sc3cccc(N(c4ccc(-c5ccccc5)cc4)c4ccc5ccc6ccc7ccccc7c6c5c4)c23)NC1. The normalized spacial score (nSPS) is 12.5. The number of thiophene rings is 1. The highest BCUT2D eigenvalue weighted by atomic mass is 32.1. The third-order valence-electron chi connectivity index (χ3n) is 8.84. The van der Waals surface area contributed by atoms with Crippen LogP contribution in [0.5, 0.6) is 0 Å². The minimum Gasteiger partial charge on any atom is -0.373 e. The summed E-state index contributed by atoms with van der Waals surface area (Å²) in [6.45, 7) is 0.867. The predicted molar refractivity (Wildman–Crippen MR) is 192 cm³/mol. The highest BCUT2D eigenvalue weighted by molar-refractivity contribution is 7.23. The molecule has 2 heterocycles. The fraction of sp³-hybridized carbons (Fsp3) is 0.0244. The van der Waals surface area contributed by atoms with Crippen molar-refractivity contribution in [2.24, 2.45) is 0 Å². The van der Waals surface area contributed by atoms with Gasteiger partial charge in [-0.15, -0.1) is 11.3 Å². The molecule has 8 aromatic rings. The highest BCUT2D eigenvalue weighted by Gasteiger charge is 2.22. The Morgan fingerprint density at radius 3 is 2.11 bits per heavy atom. The van der Waals surface area contributed by atoms with Gasteiger partial charge >= 0.3 is 0 Å². The Kier molecular flexibility index (Phi) is 5.78. The zero-order chi connectivity index (χ0) is 29.0. The quantitative estimate of drug-likeness (QED) is 0.208. The van der Waals surface area contributed by atoms with Crippen LogP contribution >= 0.6 is 11.3 Å². The minimum atomic E-state index is 0.867. The molecule has 2 nitrogen and oxygen atoms in total. The second-order valence-corrected chi connectivity index (χ2v) is 12.4. The number of nitrogens with one attached hydrogen (secondary N) is 1. The summed E-state index contributed by atoms with van der Waals surface area (Å²) in [7, 11) is 0. The van der Waals surface area contributed by atoms with E-state index >= 15 is 0 Å². The van der Waals surface area contributed by atoms with Crippen LogP contribution in [-0.4, -0.2) is 6.54 Å². The average molecular weight is 581 g/mol. The molecule has 0 atom stereocenters. The van der Waals surface area contributed by atoms with Crippen LogP contribution in [-0.2, 0) is 0 Å². The lowest BCUT2D eigenvalue weighted by Gasteiger charge is -2.27. The lowest BCUT2D eigenvalue weighted by Crippen LogP contribution is -2.11. The average Bonchev–Trinajstić information content (AvgIpc) is 3.48. The van der Waals surface area contributed by atoms with Gasteiger partial charge in [0.25, 0.3) is 0 Å². The van der Waals surface area contributed by atoms with E-state index in [1.54, 1.807) is 0 Å². The van der Waals surface area contributed by atoms with Gasteiger partial charge < -0.3 is 10.2 Å². The summed E-state index contributed by atoms with van der Waals surface area (Å²) >= 11 is 1.84. The van der Waals surface area contributed by atoms with Gasteiger partial charge in [0.2, 0.25) is 0 Å². The molecule has 0 bridgehead atoms. The fourth-order valence-electron chi connectivity index (χ4n) is 6.77. The first-order valence-electron chi connectivity index (χ1n) is 15.1. The molecule has 0 fully saturated rings. The molecule has 208 valence electrons. The predicted octanol–water partition coefficient (Wildman–Crippen LogP) is 11.9. The van der Waals surface area contributed by atoms with E-state index in [1.165, 1.54) is 69.8 Å². The second kappa shape index (κ2) is 10.1. The highest BCUT2D eigenvalue weighted by Crippen LogP contribution is 2.47. The first kappa shape index (κ1) is 25.1. The molecule has 0 saturated carbocycles. The second-order valence-electron chi connectivity index (χ2n) is 11.4. The molecule has 0 aliphatic carbocycles. The van der Waals surface area contributed by atoms with Gasteiger partial charge in [0.15, 0.2) is 0 Å². The minimum absolute atomic E-state index is 0.867. The molecule has 3 heteroatoms. The van der Waals surface area contributed by atoms with Crippen LogP contribution in [0.3, 0.4) is 0 Å². The van der Waals surface area contributed by atoms with E-state index in [0.717, 1.165) is 17.9 Å². The molecule has 9 rings (SSSR count). The zero-order valence-corrected chi connectivity index (χ0v) is 24.8. The van der Waals surface area contributed by atoms with Gasteiger partial charge in [0, 0.05) is 33.6 Å². The molecule has 0 radical (unpaired) electrons. The molecule has 1 aliphatic heterocycles. The summed E-state index contributed by atoms with van der Waals surface area (Å²) in [6.07, 6.45) is 4.50. The molecule has 0 saturated heterocycles. The topological polar surface area (TPSA) is 15.3 Å². The summed E-state index contributed by atoms with van der Waals surface area (Å²) in [6, 6.07) is 51.0. The third kappa shape index (κ3) is 4.01. The van der Waals surface area contributed by atoms with Crippen LogP contribution in [0.25, 0.3) is 59.6 Å². The van der Waals surface area contributed by atoms with E-state index in [0.29, 0.717) is 0 Å². The van der Waals surface area contributed by atoms with E-state index in [1.807, 2.05) is 11.3 Å². The van der Waals surface area contributed by atoms with Crippen LogP contribution in [0.4, 0.5) is 22.1 Å². The van der Waals surface area contributed by atoms with E-state index in [4.69, 9.17) is 0 Å². The Labute approximate surface area is 260 Å². The van der Waals surface area contributed by atoms with E-state index in [9.17, 15) is 0 Å². The Bertz CT molecular complexity index is 2380. The van der Waals surface area contributed by atoms with Crippen molar-refractivity contribution in [3.63, 3.8) is 0 Å². The lowest BCUT2D eigenvalue weighted by molar-refractivity contribution is 1.30. The van der Waals surface area contributed by atoms with Crippen LogP contribution in [0.2, 0.25) is 0 Å². The van der Waals surface area contributed by atoms with E-state index in [2.05, 4.69) is 162 Å². The molecular weight excluding hydrogens is 553 g/mol. The number of fused-ring (bicyclic) bond motifs is 8. The maximum absolute atomic E-state index is 3.60. The third-order valence-corrected chi connectivity index (χ3v) is 9.97. The van der Waals surface area contributed by atoms with Gasteiger partial charge in [-0.25, -0.2) is 0 Å². The summed E-state index contributed by atoms with van der Waals surface area (Å²) in [4.78, 5) is 2.44. The first-order chi connectivity index (χ1) is 21.8. The van der Waals surface area contributed by atoms with Gasteiger partial charge in [0.05, 0.1) is 10.7 Å². The van der Waals surface area contributed by atoms with Crippen LogP contribution in [0, 0.1) is 0 Å². The van der Waals surface area contributed by atoms with Crippen LogP contribution in [0.15, 0.2) is 146 Å². The molecule has 1 aromatic heterocycles. The van der Waals surface area contributed by atoms with Crippen LogP contribution < -0.4 is 10.2 Å². The monoisotopic (exact) mass is 580 g/mol. The van der Waals surface area contributed by atoms with Gasteiger partial charge in [0.1, 0.15) is 0 Å².